The molecule has 1 aromatic carbocycles. The fraction of sp³-hybridized carbons (Fsp3) is 0.200. The van der Waals surface area contributed by atoms with Crippen molar-refractivity contribution in [3.05, 3.63) is 60.3 Å². The van der Waals surface area contributed by atoms with Crippen LogP contribution in [0.5, 0.6) is 5.75 Å². The number of nitro benzene ring substituents is 1. The van der Waals surface area contributed by atoms with Gasteiger partial charge in [-0.05, 0) is 35.6 Å². The summed E-state index contributed by atoms with van der Waals surface area (Å²) in [6.45, 7) is 2.24. The van der Waals surface area contributed by atoms with Crippen molar-refractivity contribution < 1.29 is 9.66 Å². The van der Waals surface area contributed by atoms with Crippen molar-refractivity contribution in [2.45, 2.75) is 20.1 Å². The predicted octanol–water partition coefficient (Wildman–Crippen LogP) is 2.75. The minimum atomic E-state index is -0.523. The summed E-state index contributed by atoms with van der Waals surface area (Å²) in [6, 6.07) is 4.00. The molecule has 0 radical (unpaired) electrons. The summed E-state index contributed by atoms with van der Waals surface area (Å²) in [6.07, 6.45) is 1.66. The second-order valence-electron chi connectivity index (χ2n) is 5.47. The lowest BCUT2D eigenvalue weighted by Crippen LogP contribution is -2.09. The van der Waals surface area contributed by atoms with Gasteiger partial charge in [0.25, 0.3) is 5.69 Å². The average molecular weight is 502 g/mol. The molecule has 0 aliphatic carbocycles. The highest BCUT2D eigenvalue weighted by molar-refractivity contribution is 14.1. The van der Waals surface area contributed by atoms with Crippen LogP contribution < -0.4 is 10.5 Å². The molecule has 0 saturated heterocycles. The molecule has 0 aliphatic heterocycles. The number of ether oxygens (including phenoxy) is 1. The Balaban J connectivity index is 1.71. The van der Waals surface area contributed by atoms with E-state index in [4.69, 9.17) is 22.1 Å². The zero-order valence-electron chi connectivity index (χ0n) is 14.0. The van der Waals surface area contributed by atoms with Crippen molar-refractivity contribution in [1.82, 2.24) is 25.0 Å². The standard InChI is InChI=1S/C15H13ClIN7O3/c1-8-19-5-9(15(18)20-8)6-23-14(17)12(21-22-23)7-27-13-3-2-10(24(25)26)4-11(13)16/h2-5H,6-7H2,1H3,(H2,18,19,20). The van der Waals surface area contributed by atoms with E-state index in [0.29, 0.717) is 29.6 Å². The number of rotatable bonds is 6. The molecule has 10 nitrogen and oxygen atoms in total. The molecule has 0 bridgehead atoms. The Morgan fingerprint density at radius 1 is 1.44 bits per heavy atom. The van der Waals surface area contributed by atoms with Crippen molar-refractivity contribution in [3.63, 3.8) is 0 Å². The Hall–Kier alpha value is -2.54. The molecule has 0 spiro atoms. The second kappa shape index (κ2) is 8.00. The summed E-state index contributed by atoms with van der Waals surface area (Å²) >= 11 is 8.12. The lowest BCUT2D eigenvalue weighted by Gasteiger charge is -2.07. The molecule has 0 atom stereocenters. The van der Waals surface area contributed by atoms with Crippen molar-refractivity contribution >= 4 is 45.7 Å². The van der Waals surface area contributed by atoms with Gasteiger partial charge in [-0.1, -0.05) is 16.8 Å². The third-order valence-electron chi connectivity index (χ3n) is 3.57. The minimum Gasteiger partial charge on any atom is -0.486 e. The fourth-order valence-electron chi connectivity index (χ4n) is 2.19. The van der Waals surface area contributed by atoms with Crippen LogP contribution >= 0.6 is 34.2 Å². The number of nitrogen functional groups attached to an aromatic ring is 1. The Kier molecular flexibility index (Phi) is 5.70. The largest absolute Gasteiger partial charge is 0.486 e. The van der Waals surface area contributed by atoms with Crippen LogP contribution in [0.3, 0.4) is 0 Å². The van der Waals surface area contributed by atoms with Crippen LogP contribution in [-0.4, -0.2) is 29.9 Å². The number of benzene rings is 1. The molecule has 3 rings (SSSR count). The third-order valence-corrected chi connectivity index (χ3v) is 5.04. The van der Waals surface area contributed by atoms with Crippen molar-refractivity contribution in [1.29, 1.82) is 0 Å². The smallest absolute Gasteiger partial charge is 0.271 e. The number of non-ortho nitro benzene ring substituents is 1. The summed E-state index contributed by atoms with van der Waals surface area (Å²) in [5, 5.41) is 19.1. The van der Waals surface area contributed by atoms with Gasteiger partial charge in [0.15, 0.2) is 0 Å². The third kappa shape index (κ3) is 4.42. The van der Waals surface area contributed by atoms with Crippen molar-refractivity contribution in [3.8, 4) is 5.75 Å². The molecular weight excluding hydrogens is 489 g/mol. The Morgan fingerprint density at radius 3 is 2.89 bits per heavy atom. The van der Waals surface area contributed by atoms with E-state index in [2.05, 4.69) is 42.9 Å². The predicted molar refractivity (Wildman–Crippen MR) is 105 cm³/mol. The SMILES string of the molecule is Cc1ncc(Cn2nnc(COc3ccc([N+](=O)[O-])cc3Cl)c2I)c(N)n1. The first-order valence-electron chi connectivity index (χ1n) is 7.57. The van der Waals surface area contributed by atoms with Gasteiger partial charge in [0.1, 0.15) is 33.4 Å². The number of aromatic nitrogens is 5. The molecule has 2 N–H and O–H groups in total. The molecule has 0 aliphatic rings. The van der Waals surface area contributed by atoms with E-state index in [1.54, 1.807) is 17.8 Å². The molecule has 140 valence electrons. The first-order valence-corrected chi connectivity index (χ1v) is 9.03. The number of aryl methyl sites for hydroxylation is 1. The number of hydrogen-bond donors (Lipinski definition) is 1. The summed E-state index contributed by atoms with van der Waals surface area (Å²) in [4.78, 5) is 18.5. The Bertz CT molecular complexity index is 1010. The number of hydrogen-bond acceptors (Lipinski definition) is 8. The number of halogens is 2. The van der Waals surface area contributed by atoms with Gasteiger partial charge < -0.3 is 10.5 Å². The lowest BCUT2D eigenvalue weighted by atomic mass is 10.3. The van der Waals surface area contributed by atoms with Gasteiger partial charge >= 0.3 is 0 Å². The van der Waals surface area contributed by atoms with Gasteiger partial charge in [0.2, 0.25) is 0 Å². The van der Waals surface area contributed by atoms with Gasteiger partial charge in [-0.2, -0.15) is 0 Å². The van der Waals surface area contributed by atoms with Gasteiger partial charge in [-0.15, -0.1) is 5.10 Å². The molecule has 0 fully saturated rings. The van der Waals surface area contributed by atoms with E-state index in [1.165, 1.54) is 18.2 Å². The van der Waals surface area contributed by atoms with E-state index >= 15 is 0 Å². The zero-order chi connectivity index (χ0) is 19.6. The fourth-order valence-corrected chi connectivity index (χ4v) is 2.95. The molecule has 12 heteroatoms. The average Bonchev–Trinajstić information content (AvgIpc) is 2.96. The molecular formula is C15H13ClIN7O3. The first kappa shape index (κ1) is 19.2. The van der Waals surface area contributed by atoms with Crippen LogP contribution in [0.1, 0.15) is 17.1 Å². The molecule has 0 amide bonds. The summed E-state index contributed by atoms with van der Waals surface area (Å²) < 4.78 is 8.03. The van der Waals surface area contributed by atoms with Crippen LogP contribution in [0.25, 0.3) is 0 Å². The topological polar surface area (TPSA) is 135 Å². The number of nitrogens with two attached hydrogens (primary N) is 1. The zero-order valence-corrected chi connectivity index (χ0v) is 16.9. The number of nitro groups is 1. The number of anilines is 1. The highest BCUT2D eigenvalue weighted by Crippen LogP contribution is 2.29. The summed E-state index contributed by atoms with van der Waals surface area (Å²) in [5.74, 6) is 1.31. The van der Waals surface area contributed by atoms with Crippen LogP contribution in [0.2, 0.25) is 5.02 Å². The lowest BCUT2D eigenvalue weighted by molar-refractivity contribution is -0.384. The van der Waals surface area contributed by atoms with E-state index in [9.17, 15) is 10.1 Å². The molecule has 2 aromatic heterocycles. The van der Waals surface area contributed by atoms with Crippen molar-refractivity contribution in [2.75, 3.05) is 5.73 Å². The van der Waals surface area contributed by atoms with Crippen LogP contribution in [0.4, 0.5) is 11.5 Å². The van der Waals surface area contributed by atoms with E-state index in [-0.39, 0.29) is 17.3 Å². The summed E-state index contributed by atoms with van der Waals surface area (Å²) in [7, 11) is 0. The highest BCUT2D eigenvalue weighted by atomic mass is 127. The molecule has 2 heterocycles. The van der Waals surface area contributed by atoms with Crippen LogP contribution in [-0.2, 0) is 13.2 Å². The van der Waals surface area contributed by atoms with Gasteiger partial charge in [0.05, 0.1) is 16.5 Å². The van der Waals surface area contributed by atoms with E-state index in [0.717, 1.165) is 9.26 Å². The summed E-state index contributed by atoms with van der Waals surface area (Å²) in [5.41, 5.74) is 7.13. The quantitative estimate of drug-likeness (QED) is 0.309. The van der Waals surface area contributed by atoms with Crippen LogP contribution in [0, 0.1) is 20.7 Å². The Labute approximate surface area is 172 Å². The van der Waals surface area contributed by atoms with Crippen LogP contribution in [0.15, 0.2) is 24.4 Å². The Morgan fingerprint density at radius 2 is 2.22 bits per heavy atom. The minimum absolute atomic E-state index is 0.106. The molecule has 0 unspecified atom stereocenters. The molecule has 3 aromatic rings. The molecule has 0 saturated carbocycles. The maximum Gasteiger partial charge on any atom is 0.271 e. The van der Waals surface area contributed by atoms with E-state index < -0.39 is 4.92 Å². The maximum atomic E-state index is 10.8. The second-order valence-corrected chi connectivity index (χ2v) is 6.90. The highest BCUT2D eigenvalue weighted by Gasteiger charge is 2.15. The monoisotopic (exact) mass is 501 g/mol. The maximum absolute atomic E-state index is 10.8. The van der Waals surface area contributed by atoms with Gasteiger partial charge in [-0.3, -0.25) is 10.1 Å². The number of nitrogens with zero attached hydrogens (tertiary/aromatic N) is 6. The van der Waals surface area contributed by atoms with Gasteiger partial charge in [-0.25, -0.2) is 14.6 Å². The van der Waals surface area contributed by atoms with E-state index in [1.807, 2.05) is 0 Å². The van der Waals surface area contributed by atoms with Crippen molar-refractivity contribution in [2.24, 2.45) is 0 Å². The normalized spacial score (nSPS) is 10.8. The first-order chi connectivity index (χ1) is 12.8. The van der Waals surface area contributed by atoms with Gasteiger partial charge in [0, 0.05) is 23.9 Å². The molecule has 27 heavy (non-hydrogen) atoms.